The van der Waals surface area contributed by atoms with Crippen molar-refractivity contribution in [2.75, 3.05) is 33.4 Å². The molecule has 1 atom stereocenters. The Morgan fingerprint density at radius 2 is 1.93 bits per heavy atom. The Bertz CT molecular complexity index is 658. The molecule has 2 aliphatic heterocycles. The monoisotopic (exact) mass is 417 g/mol. The van der Waals surface area contributed by atoms with Gasteiger partial charge in [-0.15, -0.1) is 0 Å². The fraction of sp³-hybridized carbons (Fsp3) is 0.667. The van der Waals surface area contributed by atoms with E-state index in [0.29, 0.717) is 5.92 Å². The SMILES string of the molecule is COCCC1CCOC12CCN(Cc1ccccc1C)CC2.O=C(O)C(F)(F)F. The number of ether oxygens (including phenoxy) is 2. The van der Waals surface area contributed by atoms with Crippen molar-refractivity contribution < 1.29 is 32.5 Å². The minimum absolute atomic E-state index is 0.140. The summed E-state index contributed by atoms with van der Waals surface area (Å²) in [5.74, 6) is -2.07. The molecule has 3 rings (SSSR count). The molecule has 1 aromatic carbocycles. The summed E-state index contributed by atoms with van der Waals surface area (Å²) in [4.78, 5) is 11.5. The Morgan fingerprint density at radius 1 is 1.31 bits per heavy atom. The second-order valence-electron chi connectivity index (χ2n) is 7.69. The van der Waals surface area contributed by atoms with Crippen molar-refractivity contribution in [1.82, 2.24) is 4.90 Å². The van der Waals surface area contributed by atoms with Gasteiger partial charge in [-0.25, -0.2) is 4.79 Å². The lowest BCUT2D eigenvalue weighted by atomic mass is 9.78. The molecule has 5 nitrogen and oxygen atoms in total. The molecule has 0 aliphatic carbocycles. The van der Waals surface area contributed by atoms with E-state index in [9.17, 15) is 13.2 Å². The van der Waals surface area contributed by atoms with Gasteiger partial charge in [0, 0.05) is 40.0 Å². The van der Waals surface area contributed by atoms with Gasteiger partial charge in [-0.3, -0.25) is 4.90 Å². The van der Waals surface area contributed by atoms with E-state index in [0.717, 1.165) is 39.3 Å². The fourth-order valence-electron chi connectivity index (χ4n) is 4.12. The summed E-state index contributed by atoms with van der Waals surface area (Å²) in [5, 5.41) is 7.12. The summed E-state index contributed by atoms with van der Waals surface area (Å²) in [5.41, 5.74) is 3.00. The van der Waals surface area contributed by atoms with Gasteiger partial charge < -0.3 is 14.6 Å². The summed E-state index contributed by atoms with van der Waals surface area (Å²) in [6, 6.07) is 8.74. The molecule has 2 saturated heterocycles. The van der Waals surface area contributed by atoms with Crippen molar-refractivity contribution in [3.8, 4) is 0 Å². The number of piperidine rings is 1. The minimum Gasteiger partial charge on any atom is -0.475 e. The molecular weight excluding hydrogens is 387 g/mol. The third kappa shape index (κ3) is 6.69. The van der Waals surface area contributed by atoms with E-state index >= 15 is 0 Å². The second kappa shape index (κ2) is 10.4. The van der Waals surface area contributed by atoms with Crippen LogP contribution < -0.4 is 0 Å². The highest BCUT2D eigenvalue weighted by Gasteiger charge is 2.45. The van der Waals surface area contributed by atoms with E-state index < -0.39 is 12.1 Å². The number of halogens is 3. The molecule has 1 aromatic rings. The van der Waals surface area contributed by atoms with Gasteiger partial charge in [0.25, 0.3) is 0 Å². The molecule has 2 fully saturated rings. The van der Waals surface area contributed by atoms with Crippen LogP contribution >= 0.6 is 0 Å². The number of alkyl halides is 3. The molecule has 29 heavy (non-hydrogen) atoms. The maximum atomic E-state index is 10.6. The average Bonchev–Trinajstić information content (AvgIpc) is 3.05. The number of methoxy groups -OCH3 is 1. The van der Waals surface area contributed by atoms with E-state index in [1.165, 1.54) is 30.4 Å². The number of carboxylic acids is 1. The molecule has 0 radical (unpaired) electrons. The van der Waals surface area contributed by atoms with Crippen LogP contribution in [0.4, 0.5) is 13.2 Å². The van der Waals surface area contributed by atoms with E-state index in [1.54, 1.807) is 7.11 Å². The number of carbonyl (C=O) groups is 1. The van der Waals surface area contributed by atoms with Gasteiger partial charge in [-0.2, -0.15) is 13.2 Å². The average molecular weight is 417 g/mol. The standard InChI is InChI=1S/C19H29NO2.C2HF3O2/c1-16-5-3-4-6-17(16)15-20-11-9-19(10-12-20)18(7-13-21-2)8-14-22-19;3-2(4,5)1(6)7/h3-6,18H,7-15H2,1-2H3;(H,6,7). The first kappa shape index (κ1) is 23.6. The first-order valence-electron chi connectivity index (χ1n) is 9.88. The molecule has 2 heterocycles. The molecule has 0 saturated carbocycles. The topological polar surface area (TPSA) is 59.0 Å². The lowest BCUT2D eigenvalue weighted by molar-refractivity contribution is -0.192. The lowest BCUT2D eigenvalue weighted by Gasteiger charge is -2.42. The summed E-state index contributed by atoms with van der Waals surface area (Å²) in [6.45, 7) is 7.39. The van der Waals surface area contributed by atoms with E-state index in [1.807, 2.05) is 0 Å². The van der Waals surface area contributed by atoms with Gasteiger partial charge in [0.1, 0.15) is 0 Å². The van der Waals surface area contributed by atoms with Crippen molar-refractivity contribution in [2.24, 2.45) is 5.92 Å². The van der Waals surface area contributed by atoms with Crippen molar-refractivity contribution in [3.63, 3.8) is 0 Å². The third-order valence-electron chi connectivity index (χ3n) is 5.87. The molecule has 2 aliphatic rings. The lowest BCUT2D eigenvalue weighted by Crippen LogP contribution is -2.47. The van der Waals surface area contributed by atoms with Crippen LogP contribution in [0.25, 0.3) is 0 Å². The van der Waals surface area contributed by atoms with E-state index in [2.05, 4.69) is 36.1 Å². The number of aryl methyl sites for hydroxylation is 1. The van der Waals surface area contributed by atoms with Crippen LogP contribution in [0, 0.1) is 12.8 Å². The number of nitrogens with zero attached hydrogens (tertiary/aromatic N) is 1. The zero-order chi connectivity index (χ0) is 21.5. The molecule has 0 bridgehead atoms. The number of aliphatic carboxylic acids is 1. The Balaban J connectivity index is 0.000000370. The maximum absolute atomic E-state index is 10.6. The van der Waals surface area contributed by atoms with E-state index in [4.69, 9.17) is 19.4 Å². The van der Waals surface area contributed by atoms with Gasteiger partial charge >= 0.3 is 12.1 Å². The van der Waals surface area contributed by atoms with Crippen LogP contribution in [0.2, 0.25) is 0 Å². The Labute approximate surface area is 169 Å². The quantitative estimate of drug-likeness (QED) is 0.784. The zero-order valence-corrected chi connectivity index (χ0v) is 17.0. The number of likely N-dealkylation sites (tertiary alicyclic amines) is 1. The van der Waals surface area contributed by atoms with Crippen LogP contribution in [0.3, 0.4) is 0 Å². The van der Waals surface area contributed by atoms with Crippen molar-refractivity contribution >= 4 is 5.97 Å². The van der Waals surface area contributed by atoms with E-state index in [-0.39, 0.29) is 5.60 Å². The van der Waals surface area contributed by atoms with Gasteiger partial charge in [0.05, 0.1) is 5.60 Å². The zero-order valence-electron chi connectivity index (χ0n) is 17.0. The van der Waals surface area contributed by atoms with Gasteiger partial charge in [0.2, 0.25) is 0 Å². The fourth-order valence-corrected chi connectivity index (χ4v) is 4.12. The van der Waals surface area contributed by atoms with Crippen LogP contribution in [0.5, 0.6) is 0 Å². The largest absolute Gasteiger partial charge is 0.490 e. The second-order valence-corrected chi connectivity index (χ2v) is 7.69. The van der Waals surface area contributed by atoms with Crippen LogP contribution in [-0.2, 0) is 20.8 Å². The molecule has 1 unspecified atom stereocenters. The molecule has 0 amide bonds. The summed E-state index contributed by atoms with van der Waals surface area (Å²) >= 11 is 0. The molecule has 1 spiro atoms. The summed E-state index contributed by atoms with van der Waals surface area (Å²) in [6.07, 6.45) is -0.379. The van der Waals surface area contributed by atoms with Crippen molar-refractivity contribution in [1.29, 1.82) is 0 Å². The Hall–Kier alpha value is -1.64. The Kier molecular flexibility index (Phi) is 8.48. The van der Waals surface area contributed by atoms with Gasteiger partial charge in [-0.1, -0.05) is 24.3 Å². The number of hydrogen-bond acceptors (Lipinski definition) is 4. The van der Waals surface area contributed by atoms with Crippen LogP contribution in [-0.4, -0.2) is 61.2 Å². The van der Waals surface area contributed by atoms with Gasteiger partial charge in [-0.05, 0) is 49.7 Å². The van der Waals surface area contributed by atoms with Crippen molar-refractivity contribution in [3.05, 3.63) is 35.4 Å². The highest BCUT2D eigenvalue weighted by Crippen LogP contribution is 2.42. The highest BCUT2D eigenvalue weighted by molar-refractivity contribution is 5.73. The smallest absolute Gasteiger partial charge is 0.475 e. The predicted molar refractivity (Wildman–Crippen MR) is 103 cm³/mol. The normalized spacial score (nSPS) is 21.6. The molecular formula is C21H30F3NO4. The van der Waals surface area contributed by atoms with Crippen LogP contribution in [0.1, 0.15) is 36.8 Å². The maximum Gasteiger partial charge on any atom is 0.490 e. The highest BCUT2D eigenvalue weighted by atomic mass is 19.4. The third-order valence-corrected chi connectivity index (χ3v) is 5.87. The predicted octanol–water partition coefficient (Wildman–Crippen LogP) is 4.04. The first-order valence-corrected chi connectivity index (χ1v) is 9.88. The summed E-state index contributed by atoms with van der Waals surface area (Å²) < 4.78 is 43.3. The number of rotatable bonds is 5. The Morgan fingerprint density at radius 3 is 2.48 bits per heavy atom. The van der Waals surface area contributed by atoms with Gasteiger partial charge in [0.15, 0.2) is 0 Å². The van der Waals surface area contributed by atoms with Crippen molar-refractivity contribution in [2.45, 2.75) is 50.9 Å². The van der Waals surface area contributed by atoms with Crippen LogP contribution in [0.15, 0.2) is 24.3 Å². The minimum atomic E-state index is -5.08. The number of benzene rings is 1. The molecule has 1 N–H and O–H groups in total. The number of hydrogen-bond donors (Lipinski definition) is 1. The molecule has 164 valence electrons. The first-order chi connectivity index (χ1) is 13.7. The molecule has 8 heteroatoms. The summed E-state index contributed by atoms with van der Waals surface area (Å²) in [7, 11) is 1.80. The molecule has 0 aromatic heterocycles. The number of carboxylic acid groups (broad SMARTS) is 1.